The van der Waals surface area contributed by atoms with Crippen molar-refractivity contribution in [1.29, 1.82) is 0 Å². The molecule has 0 heterocycles. The van der Waals surface area contributed by atoms with Crippen molar-refractivity contribution in [2.45, 2.75) is 44.2 Å². The van der Waals surface area contributed by atoms with Crippen LogP contribution < -0.4 is 0 Å². The zero-order valence-electron chi connectivity index (χ0n) is 12.3. The van der Waals surface area contributed by atoms with Gasteiger partial charge in [-0.3, -0.25) is 4.90 Å². The number of hydrogen-bond acceptors (Lipinski definition) is 2. The van der Waals surface area contributed by atoms with E-state index in [2.05, 4.69) is 22.6 Å². The van der Waals surface area contributed by atoms with Gasteiger partial charge in [-0.15, -0.1) is 0 Å². The summed E-state index contributed by atoms with van der Waals surface area (Å²) in [4.78, 5) is 13.5. The zero-order chi connectivity index (χ0) is 15.2. The summed E-state index contributed by atoms with van der Waals surface area (Å²) >= 11 is 2.27. The highest BCUT2D eigenvalue weighted by atomic mass is 127. The lowest BCUT2D eigenvalue weighted by molar-refractivity contribution is 0.0458. The van der Waals surface area contributed by atoms with Gasteiger partial charge in [0.25, 0.3) is 0 Å². The largest absolute Gasteiger partial charge is 0.465 e. The molecule has 1 saturated carbocycles. The van der Waals surface area contributed by atoms with Gasteiger partial charge in [-0.05, 0) is 47.1 Å². The second-order valence-electron chi connectivity index (χ2n) is 5.47. The fraction of sp³-hybridized carbons (Fsp3) is 0.562. The molecular weight excluding hydrogens is 381 g/mol. The van der Waals surface area contributed by atoms with Crippen LogP contribution in [0.1, 0.15) is 43.7 Å². The van der Waals surface area contributed by atoms with Crippen molar-refractivity contribution in [1.82, 2.24) is 4.90 Å². The van der Waals surface area contributed by atoms with E-state index in [0.717, 1.165) is 34.8 Å². The van der Waals surface area contributed by atoms with Crippen LogP contribution in [0.3, 0.4) is 0 Å². The third kappa shape index (κ3) is 4.10. The number of amides is 1. The monoisotopic (exact) mass is 403 g/mol. The second kappa shape index (κ2) is 7.98. The molecule has 21 heavy (non-hydrogen) atoms. The number of hydrogen-bond donors (Lipinski definition) is 1. The van der Waals surface area contributed by atoms with Gasteiger partial charge in [-0.25, -0.2) is 4.79 Å². The normalized spacial score (nSPS) is 17.4. The lowest BCUT2D eigenvalue weighted by Crippen LogP contribution is -2.44. The standard InChI is InChI=1S/C16H22INO3/c1-21-11-15(13-9-5-6-10-14(13)17)18(16(19)20)12-7-3-2-4-8-12/h5-6,9-10,12,15H,2-4,7-8,11H2,1H3,(H,19,20)/t15-/m1/s1. The Morgan fingerprint density at radius 3 is 2.62 bits per heavy atom. The Hall–Kier alpha value is -0.820. The smallest absolute Gasteiger partial charge is 0.408 e. The number of ether oxygens (including phenoxy) is 1. The van der Waals surface area contributed by atoms with E-state index in [-0.39, 0.29) is 12.1 Å². The summed E-state index contributed by atoms with van der Waals surface area (Å²) in [6, 6.07) is 7.82. The summed E-state index contributed by atoms with van der Waals surface area (Å²) in [5.41, 5.74) is 1.04. The molecule has 0 aromatic heterocycles. The van der Waals surface area contributed by atoms with Gasteiger partial charge >= 0.3 is 6.09 Å². The molecule has 0 unspecified atom stereocenters. The van der Waals surface area contributed by atoms with E-state index in [1.165, 1.54) is 6.42 Å². The minimum atomic E-state index is -0.844. The number of halogens is 1. The SMILES string of the molecule is COC[C@H](c1ccccc1I)N(C(=O)O)C1CCCCC1. The Morgan fingerprint density at radius 1 is 1.38 bits per heavy atom. The topological polar surface area (TPSA) is 49.8 Å². The summed E-state index contributed by atoms with van der Waals surface area (Å²) in [6.45, 7) is 0.392. The van der Waals surface area contributed by atoms with Gasteiger partial charge in [-0.2, -0.15) is 0 Å². The predicted octanol–water partition coefficient (Wildman–Crippen LogP) is 4.29. The first-order valence-electron chi connectivity index (χ1n) is 7.39. The molecule has 1 aromatic rings. The molecule has 0 spiro atoms. The maximum Gasteiger partial charge on any atom is 0.408 e. The van der Waals surface area contributed by atoms with Crippen LogP contribution in [0.25, 0.3) is 0 Å². The first-order chi connectivity index (χ1) is 10.1. The van der Waals surface area contributed by atoms with E-state index >= 15 is 0 Å². The number of carbonyl (C=O) groups is 1. The summed E-state index contributed by atoms with van der Waals surface area (Å²) in [5.74, 6) is 0. The molecule has 0 aliphatic heterocycles. The van der Waals surface area contributed by atoms with Crippen LogP contribution in [0.15, 0.2) is 24.3 Å². The van der Waals surface area contributed by atoms with Crippen LogP contribution in [0.5, 0.6) is 0 Å². The van der Waals surface area contributed by atoms with Gasteiger partial charge in [0.15, 0.2) is 0 Å². The van der Waals surface area contributed by atoms with Gasteiger partial charge in [0.1, 0.15) is 0 Å². The van der Waals surface area contributed by atoms with E-state index in [1.54, 1.807) is 12.0 Å². The van der Waals surface area contributed by atoms with E-state index < -0.39 is 6.09 Å². The molecule has 1 amide bonds. The maximum absolute atomic E-state index is 11.9. The van der Waals surface area contributed by atoms with E-state index in [9.17, 15) is 9.90 Å². The van der Waals surface area contributed by atoms with Crippen LogP contribution >= 0.6 is 22.6 Å². The van der Waals surface area contributed by atoms with Crippen LogP contribution in [-0.4, -0.2) is 35.9 Å². The number of carboxylic acid groups (broad SMARTS) is 1. The first-order valence-corrected chi connectivity index (χ1v) is 8.47. The second-order valence-corrected chi connectivity index (χ2v) is 6.64. The lowest BCUT2D eigenvalue weighted by atomic mass is 9.92. The molecule has 1 aliphatic carbocycles. The highest BCUT2D eigenvalue weighted by Gasteiger charge is 2.33. The molecule has 0 bridgehead atoms. The number of nitrogens with zero attached hydrogens (tertiary/aromatic N) is 1. The number of rotatable bonds is 5. The molecule has 1 atom stereocenters. The highest BCUT2D eigenvalue weighted by molar-refractivity contribution is 14.1. The third-order valence-electron chi connectivity index (χ3n) is 4.11. The van der Waals surface area contributed by atoms with E-state index in [4.69, 9.17) is 4.74 Å². The van der Waals surface area contributed by atoms with Crippen molar-refractivity contribution in [3.05, 3.63) is 33.4 Å². The van der Waals surface area contributed by atoms with E-state index in [0.29, 0.717) is 6.61 Å². The van der Waals surface area contributed by atoms with Crippen LogP contribution in [0, 0.1) is 3.57 Å². The van der Waals surface area contributed by atoms with Crippen LogP contribution in [0.2, 0.25) is 0 Å². The van der Waals surface area contributed by atoms with Gasteiger partial charge in [0.2, 0.25) is 0 Å². The fourth-order valence-electron chi connectivity index (χ4n) is 3.13. The average molecular weight is 403 g/mol. The molecule has 1 N–H and O–H groups in total. The molecule has 0 radical (unpaired) electrons. The first kappa shape index (κ1) is 16.5. The van der Waals surface area contributed by atoms with Crippen molar-refractivity contribution >= 4 is 28.7 Å². The summed E-state index contributed by atoms with van der Waals surface area (Å²) in [7, 11) is 1.63. The third-order valence-corrected chi connectivity index (χ3v) is 5.10. The highest BCUT2D eigenvalue weighted by Crippen LogP contribution is 2.32. The fourth-order valence-corrected chi connectivity index (χ4v) is 3.87. The van der Waals surface area contributed by atoms with E-state index in [1.807, 2.05) is 24.3 Å². The molecule has 116 valence electrons. The molecule has 0 saturated heterocycles. The summed E-state index contributed by atoms with van der Waals surface area (Å²) in [6.07, 6.45) is 4.50. The molecule has 2 rings (SSSR count). The molecule has 4 nitrogen and oxygen atoms in total. The molecule has 1 aromatic carbocycles. The maximum atomic E-state index is 11.9. The molecular formula is C16H22INO3. The minimum absolute atomic E-state index is 0.104. The summed E-state index contributed by atoms with van der Waals surface area (Å²) < 4.78 is 6.41. The number of benzene rings is 1. The average Bonchev–Trinajstić information content (AvgIpc) is 2.48. The lowest BCUT2D eigenvalue weighted by Gasteiger charge is -2.38. The Balaban J connectivity index is 2.32. The Bertz CT molecular complexity index is 474. The molecule has 1 fully saturated rings. The Labute approximate surface area is 139 Å². The van der Waals surface area contributed by atoms with Gasteiger partial charge in [0, 0.05) is 16.7 Å². The zero-order valence-corrected chi connectivity index (χ0v) is 14.5. The summed E-state index contributed by atoms with van der Waals surface area (Å²) in [5, 5.41) is 9.74. The van der Waals surface area contributed by atoms with Gasteiger partial charge < -0.3 is 9.84 Å². The van der Waals surface area contributed by atoms with Crippen molar-refractivity contribution in [3.63, 3.8) is 0 Å². The molecule has 5 heteroatoms. The van der Waals surface area contributed by atoms with Crippen molar-refractivity contribution in [2.24, 2.45) is 0 Å². The van der Waals surface area contributed by atoms with Gasteiger partial charge in [-0.1, -0.05) is 37.5 Å². The van der Waals surface area contributed by atoms with Crippen molar-refractivity contribution in [3.8, 4) is 0 Å². The Morgan fingerprint density at radius 2 is 2.05 bits per heavy atom. The molecule has 1 aliphatic rings. The quantitative estimate of drug-likeness (QED) is 0.747. The minimum Gasteiger partial charge on any atom is -0.465 e. The number of methoxy groups -OCH3 is 1. The predicted molar refractivity (Wildman–Crippen MR) is 90.5 cm³/mol. The van der Waals surface area contributed by atoms with Crippen LogP contribution in [0.4, 0.5) is 4.79 Å². The van der Waals surface area contributed by atoms with Crippen molar-refractivity contribution < 1.29 is 14.6 Å². The van der Waals surface area contributed by atoms with Crippen LogP contribution in [-0.2, 0) is 4.74 Å². The van der Waals surface area contributed by atoms with Gasteiger partial charge in [0.05, 0.1) is 12.6 Å². The van der Waals surface area contributed by atoms with Crippen molar-refractivity contribution in [2.75, 3.05) is 13.7 Å². The Kier molecular flexibility index (Phi) is 6.29.